The molecule has 1 heterocycles. The lowest BCUT2D eigenvalue weighted by Crippen LogP contribution is -2.51. The van der Waals surface area contributed by atoms with Crippen LogP contribution >= 0.6 is 0 Å². The van der Waals surface area contributed by atoms with E-state index in [1.54, 1.807) is 12.1 Å². The maximum Gasteiger partial charge on any atom is 0.329 e. The Bertz CT molecular complexity index is 696. The standard InChI is InChI=1S/C18H24N4O4/c19-16(20)12-1-3-13(4-2-12)18(22-10-9-21-17(22)25)7-5-14(6-8-18)26-11-15(23)24/h1-4,14H,5-11H2,(H3,19,20)(H,21,25)(H,23,24). The first-order valence-corrected chi connectivity index (χ1v) is 8.76. The van der Waals surface area contributed by atoms with Crippen molar-refractivity contribution in [3.05, 3.63) is 35.4 Å². The summed E-state index contributed by atoms with van der Waals surface area (Å²) in [6.45, 7) is 0.953. The van der Waals surface area contributed by atoms with Crippen LogP contribution in [0.2, 0.25) is 0 Å². The van der Waals surface area contributed by atoms with Gasteiger partial charge in [0.15, 0.2) is 0 Å². The molecule has 0 radical (unpaired) electrons. The summed E-state index contributed by atoms with van der Waals surface area (Å²) >= 11 is 0. The number of aliphatic carboxylic acids is 1. The molecule has 2 amide bonds. The van der Waals surface area contributed by atoms with Gasteiger partial charge in [-0.15, -0.1) is 0 Å². The number of carboxylic acids is 1. The lowest BCUT2D eigenvalue weighted by molar-refractivity contribution is -0.145. The summed E-state index contributed by atoms with van der Waals surface area (Å²) in [6, 6.07) is 7.40. The first kappa shape index (κ1) is 18.2. The molecule has 1 aromatic carbocycles. The van der Waals surface area contributed by atoms with Crippen molar-refractivity contribution < 1.29 is 19.4 Å². The second-order valence-electron chi connectivity index (χ2n) is 6.81. The highest BCUT2D eigenvalue weighted by atomic mass is 16.5. The van der Waals surface area contributed by atoms with Crippen LogP contribution in [-0.2, 0) is 15.1 Å². The van der Waals surface area contributed by atoms with Gasteiger partial charge in [0, 0.05) is 18.7 Å². The zero-order valence-electron chi connectivity index (χ0n) is 14.5. The molecular formula is C18H24N4O4. The van der Waals surface area contributed by atoms with Gasteiger partial charge < -0.3 is 25.8 Å². The Labute approximate surface area is 151 Å². The summed E-state index contributed by atoms with van der Waals surface area (Å²) in [5.41, 5.74) is 6.75. The topological polar surface area (TPSA) is 129 Å². The SMILES string of the molecule is N=C(N)c1ccc(C2(N3CCNC3=O)CCC(OCC(=O)O)CC2)cc1. The number of nitrogens with two attached hydrogens (primary N) is 1. The Balaban J connectivity index is 1.84. The largest absolute Gasteiger partial charge is 0.480 e. The Hall–Kier alpha value is -2.61. The lowest BCUT2D eigenvalue weighted by atomic mass is 9.74. The number of carboxylic acid groups (broad SMARTS) is 1. The molecule has 3 rings (SSSR count). The van der Waals surface area contributed by atoms with E-state index in [2.05, 4.69) is 5.32 Å². The van der Waals surface area contributed by atoms with Crippen molar-refractivity contribution in [2.75, 3.05) is 19.7 Å². The summed E-state index contributed by atoms with van der Waals surface area (Å²) in [4.78, 5) is 25.0. The molecule has 5 N–H and O–H groups in total. The van der Waals surface area contributed by atoms with Crippen molar-refractivity contribution in [3.63, 3.8) is 0 Å². The van der Waals surface area contributed by atoms with Crippen LogP contribution < -0.4 is 11.1 Å². The molecule has 2 fully saturated rings. The zero-order chi connectivity index (χ0) is 18.7. The van der Waals surface area contributed by atoms with Crippen molar-refractivity contribution in [2.45, 2.75) is 37.3 Å². The maximum absolute atomic E-state index is 12.4. The Morgan fingerprint density at radius 3 is 2.50 bits per heavy atom. The van der Waals surface area contributed by atoms with E-state index in [9.17, 15) is 9.59 Å². The quantitative estimate of drug-likeness (QED) is 0.448. The molecule has 2 aliphatic rings. The van der Waals surface area contributed by atoms with Crippen LogP contribution in [0.3, 0.4) is 0 Å². The third kappa shape index (κ3) is 3.50. The number of nitrogens with zero attached hydrogens (tertiary/aromatic N) is 1. The number of benzene rings is 1. The van der Waals surface area contributed by atoms with Crippen molar-refractivity contribution in [1.82, 2.24) is 10.2 Å². The number of hydrogen-bond donors (Lipinski definition) is 4. The maximum atomic E-state index is 12.4. The molecule has 0 unspecified atom stereocenters. The highest BCUT2D eigenvalue weighted by Gasteiger charge is 2.45. The second-order valence-corrected chi connectivity index (χ2v) is 6.81. The molecule has 26 heavy (non-hydrogen) atoms. The Kier molecular flexibility index (Phi) is 5.13. The molecule has 140 valence electrons. The summed E-state index contributed by atoms with van der Waals surface area (Å²) in [7, 11) is 0. The number of nitrogen functional groups attached to an aromatic ring is 1. The predicted octanol–water partition coefficient (Wildman–Crippen LogP) is 1.23. The van der Waals surface area contributed by atoms with Gasteiger partial charge in [0.05, 0.1) is 11.6 Å². The highest BCUT2D eigenvalue weighted by molar-refractivity contribution is 5.94. The van der Waals surface area contributed by atoms with Gasteiger partial charge in [-0.3, -0.25) is 5.41 Å². The van der Waals surface area contributed by atoms with Crippen LogP contribution in [0.15, 0.2) is 24.3 Å². The van der Waals surface area contributed by atoms with Gasteiger partial charge >= 0.3 is 12.0 Å². The van der Waals surface area contributed by atoms with Crippen LogP contribution in [0.5, 0.6) is 0 Å². The number of amides is 2. The first-order chi connectivity index (χ1) is 12.4. The van der Waals surface area contributed by atoms with Crippen LogP contribution in [0.25, 0.3) is 0 Å². The van der Waals surface area contributed by atoms with E-state index < -0.39 is 11.5 Å². The zero-order valence-corrected chi connectivity index (χ0v) is 14.5. The van der Waals surface area contributed by atoms with E-state index in [4.69, 9.17) is 21.0 Å². The monoisotopic (exact) mass is 360 g/mol. The van der Waals surface area contributed by atoms with Gasteiger partial charge in [0.1, 0.15) is 12.4 Å². The number of rotatable bonds is 6. The molecule has 0 spiro atoms. The number of amidine groups is 1. The van der Waals surface area contributed by atoms with Gasteiger partial charge in [-0.2, -0.15) is 0 Å². The molecule has 1 saturated heterocycles. The summed E-state index contributed by atoms with van der Waals surface area (Å²) < 4.78 is 5.45. The van der Waals surface area contributed by atoms with E-state index in [0.29, 0.717) is 44.3 Å². The number of hydrogen-bond acceptors (Lipinski definition) is 4. The second kappa shape index (κ2) is 7.33. The van der Waals surface area contributed by atoms with E-state index >= 15 is 0 Å². The Morgan fingerprint density at radius 1 is 1.35 bits per heavy atom. The lowest BCUT2D eigenvalue weighted by Gasteiger charge is -2.46. The smallest absolute Gasteiger partial charge is 0.329 e. The third-order valence-electron chi connectivity index (χ3n) is 5.31. The number of carbonyl (C=O) groups excluding carboxylic acids is 1. The van der Waals surface area contributed by atoms with E-state index in [0.717, 1.165) is 5.56 Å². The van der Waals surface area contributed by atoms with Gasteiger partial charge in [-0.1, -0.05) is 24.3 Å². The summed E-state index contributed by atoms with van der Waals surface area (Å²) in [6.07, 6.45) is 2.66. The van der Waals surface area contributed by atoms with Crippen molar-refractivity contribution in [2.24, 2.45) is 5.73 Å². The average Bonchev–Trinajstić information content (AvgIpc) is 3.07. The van der Waals surface area contributed by atoms with Crippen molar-refractivity contribution in [3.8, 4) is 0 Å². The molecule has 8 nitrogen and oxygen atoms in total. The van der Waals surface area contributed by atoms with Crippen molar-refractivity contribution in [1.29, 1.82) is 5.41 Å². The van der Waals surface area contributed by atoms with E-state index in [1.807, 2.05) is 17.0 Å². The van der Waals surface area contributed by atoms with Crippen LogP contribution in [0.1, 0.15) is 36.8 Å². The normalized spacial score (nSPS) is 25.8. The molecule has 1 aliphatic heterocycles. The first-order valence-electron chi connectivity index (χ1n) is 8.76. The molecule has 1 aliphatic carbocycles. The van der Waals surface area contributed by atoms with Gasteiger partial charge in [-0.05, 0) is 31.2 Å². The number of urea groups is 1. The minimum Gasteiger partial charge on any atom is -0.480 e. The van der Waals surface area contributed by atoms with Crippen LogP contribution in [0, 0.1) is 5.41 Å². The molecular weight excluding hydrogens is 336 g/mol. The van der Waals surface area contributed by atoms with Crippen molar-refractivity contribution >= 4 is 17.8 Å². The predicted molar refractivity (Wildman–Crippen MR) is 95.1 cm³/mol. The molecule has 8 heteroatoms. The molecule has 1 aromatic rings. The number of carbonyl (C=O) groups is 2. The minimum atomic E-state index is -0.972. The fourth-order valence-corrected chi connectivity index (χ4v) is 3.98. The Morgan fingerprint density at radius 2 is 2.00 bits per heavy atom. The third-order valence-corrected chi connectivity index (χ3v) is 5.31. The highest BCUT2D eigenvalue weighted by Crippen LogP contribution is 2.43. The van der Waals surface area contributed by atoms with E-state index in [1.165, 1.54) is 0 Å². The van der Waals surface area contributed by atoms with E-state index in [-0.39, 0.29) is 24.6 Å². The number of ether oxygens (including phenoxy) is 1. The molecule has 0 atom stereocenters. The fourth-order valence-electron chi connectivity index (χ4n) is 3.98. The number of nitrogens with one attached hydrogen (secondary N) is 2. The fraction of sp³-hybridized carbons (Fsp3) is 0.500. The van der Waals surface area contributed by atoms with Gasteiger partial charge in [0.25, 0.3) is 0 Å². The summed E-state index contributed by atoms with van der Waals surface area (Å²) in [5.74, 6) is -0.962. The molecule has 1 saturated carbocycles. The van der Waals surface area contributed by atoms with Gasteiger partial charge in [0.2, 0.25) is 0 Å². The summed E-state index contributed by atoms with van der Waals surface area (Å²) in [5, 5.41) is 19.2. The average molecular weight is 360 g/mol. The molecule has 0 aromatic heterocycles. The minimum absolute atomic E-state index is 0.00953. The molecule has 0 bridgehead atoms. The van der Waals surface area contributed by atoms with Gasteiger partial charge in [-0.25, -0.2) is 9.59 Å². The van der Waals surface area contributed by atoms with Crippen LogP contribution in [-0.4, -0.2) is 53.6 Å². The van der Waals surface area contributed by atoms with Crippen LogP contribution in [0.4, 0.5) is 4.79 Å².